The zero-order valence-electron chi connectivity index (χ0n) is 14.2. The number of fused-ring (bicyclic) bond motifs is 1. The van der Waals surface area contributed by atoms with E-state index < -0.39 is 5.82 Å². The number of aryl methyl sites for hydroxylation is 1. The molecule has 0 saturated carbocycles. The quantitative estimate of drug-likeness (QED) is 0.691. The number of likely N-dealkylation sites (tertiary alicyclic amines) is 1. The van der Waals surface area contributed by atoms with Gasteiger partial charge in [0.1, 0.15) is 12.1 Å². The molecule has 1 aliphatic rings. The maximum absolute atomic E-state index is 14.1. The summed E-state index contributed by atoms with van der Waals surface area (Å²) in [5.74, 6) is -0.263. The molecule has 0 radical (unpaired) electrons. The fraction of sp³-hybridized carbons (Fsp3) is 0.333. The lowest BCUT2D eigenvalue weighted by atomic mass is 9.93. The van der Waals surface area contributed by atoms with Gasteiger partial charge in [0.15, 0.2) is 0 Å². The zero-order chi connectivity index (χ0) is 18.3. The Bertz CT molecular complexity index is 989. The predicted octanol–water partition coefficient (Wildman–Crippen LogP) is 3.25. The highest BCUT2D eigenvalue weighted by Gasteiger charge is 2.29. The Morgan fingerprint density at radius 3 is 3.04 bits per heavy atom. The van der Waals surface area contributed by atoms with E-state index in [1.54, 1.807) is 9.42 Å². The third-order valence-corrected chi connectivity index (χ3v) is 4.93. The van der Waals surface area contributed by atoms with Gasteiger partial charge in [0.2, 0.25) is 0 Å². The van der Waals surface area contributed by atoms with Crippen molar-refractivity contribution in [2.75, 3.05) is 13.1 Å². The summed E-state index contributed by atoms with van der Waals surface area (Å²) in [6.45, 7) is 2.99. The summed E-state index contributed by atoms with van der Waals surface area (Å²) in [6.07, 6.45) is 3.22. The molecule has 6 nitrogen and oxygen atoms in total. The van der Waals surface area contributed by atoms with Crippen molar-refractivity contribution in [3.8, 4) is 0 Å². The van der Waals surface area contributed by atoms with Gasteiger partial charge in [-0.1, -0.05) is 11.6 Å². The number of hydrogen-bond acceptors (Lipinski definition) is 4. The average molecular weight is 374 g/mol. The lowest BCUT2D eigenvalue weighted by Crippen LogP contribution is -2.40. The Morgan fingerprint density at radius 2 is 2.19 bits per heavy atom. The molecule has 1 saturated heterocycles. The molecule has 1 atom stereocenters. The molecular weight excluding hydrogens is 357 g/mol. The minimum atomic E-state index is -0.556. The van der Waals surface area contributed by atoms with Crippen molar-refractivity contribution in [3.63, 3.8) is 0 Å². The van der Waals surface area contributed by atoms with Crippen LogP contribution in [0.15, 0.2) is 30.6 Å². The summed E-state index contributed by atoms with van der Waals surface area (Å²) in [5, 5.41) is 4.60. The smallest absolute Gasteiger partial charge is 0.256 e. The van der Waals surface area contributed by atoms with Gasteiger partial charge in [-0.05, 0) is 44.0 Å². The van der Waals surface area contributed by atoms with Gasteiger partial charge in [-0.3, -0.25) is 4.79 Å². The molecule has 1 unspecified atom stereocenters. The van der Waals surface area contributed by atoms with Crippen molar-refractivity contribution in [3.05, 3.63) is 58.4 Å². The Morgan fingerprint density at radius 1 is 1.35 bits per heavy atom. The number of nitrogens with zero attached hydrogens (tertiary/aromatic N) is 5. The number of hydrogen-bond donors (Lipinski definition) is 0. The molecule has 4 rings (SSSR count). The lowest BCUT2D eigenvalue weighted by Gasteiger charge is -2.33. The Labute approximate surface area is 154 Å². The Balaban J connectivity index is 1.64. The normalized spacial score (nSPS) is 17.7. The molecular formula is C18H17ClFN5O. The number of halogens is 2. The highest BCUT2D eigenvalue weighted by molar-refractivity contribution is 6.31. The molecule has 1 fully saturated rings. The fourth-order valence-electron chi connectivity index (χ4n) is 3.48. The summed E-state index contributed by atoms with van der Waals surface area (Å²) in [7, 11) is 0. The van der Waals surface area contributed by atoms with E-state index >= 15 is 0 Å². The predicted molar refractivity (Wildman–Crippen MR) is 94.8 cm³/mol. The second-order valence-electron chi connectivity index (χ2n) is 6.51. The minimum absolute atomic E-state index is 0.00922. The molecule has 1 aromatic carbocycles. The van der Waals surface area contributed by atoms with Crippen molar-refractivity contribution in [2.45, 2.75) is 25.7 Å². The molecule has 1 amide bonds. The second-order valence-corrected chi connectivity index (χ2v) is 6.95. The molecule has 0 spiro atoms. The zero-order valence-corrected chi connectivity index (χ0v) is 14.9. The van der Waals surface area contributed by atoms with E-state index in [4.69, 9.17) is 11.6 Å². The van der Waals surface area contributed by atoms with E-state index in [1.807, 2.05) is 13.0 Å². The summed E-state index contributed by atoms with van der Waals surface area (Å²) in [4.78, 5) is 23.0. The summed E-state index contributed by atoms with van der Waals surface area (Å²) < 4.78 is 15.8. The molecule has 134 valence electrons. The van der Waals surface area contributed by atoms with Crippen molar-refractivity contribution in [2.24, 2.45) is 0 Å². The third-order valence-electron chi connectivity index (χ3n) is 4.69. The molecule has 0 bridgehead atoms. The minimum Gasteiger partial charge on any atom is -0.338 e. The van der Waals surface area contributed by atoms with Gasteiger partial charge < -0.3 is 4.90 Å². The standard InChI is InChI=1S/C18H17ClFN5O/c1-11-7-16(25-18(23-11)21-10-22-25)12-3-2-6-24(9-12)17(26)14-8-13(19)4-5-15(14)20/h4-5,7-8,10,12H,2-3,6,9H2,1H3. The average Bonchev–Trinajstić information content (AvgIpc) is 3.11. The first-order valence-corrected chi connectivity index (χ1v) is 8.82. The van der Waals surface area contributed by atoms with Crippen molar-refractivity contribution in [1.82, 2.24) is 24.5 Å². The van der Waals surface area contributed by atoms with Crippen LogP contribution in [-0.2, 0) is 0 Å². The van der Waals surface area contributed by atoms with E-state index in [0.29, 0.717) is 23.9 Å². The number of rotatable bonds is 2. The van der Waals surface area contributed by atoms with E-state index in [9.17, 15) is 9.18 Å². The van der Waals surface area contributed by atoms with Gasteiger partial charge in [0.25, 0.3) is 11.7 Å². The van der Waals surface area contributed by atoms with Crippen molar-refractivity contribution < 1.29 is 9.18 Å². The maximum atomic E-state index is 14.1. The molecule has 2 aromatic heterocycles. The van der Waals surface area contributed by atoms with Crippen LogP contribution in [0.4, 0.5) is 4.39 Å². The first-order valence-electron chi connectivity index (χ1n) is 8.44. The largest absolute Gasteiger partial charge is 0.338 e. The number of benzene rings is 1. The number of aromatic nitrogens is 4. The van der Waals surface area contributed by atoms with Gasteiger partial charge >= 0.3 is 0 Å². The van der Waals surface area contributed by atoms with Crippen LogP contribution >= 0.6 is 11.6 Å². The maximum Gasteiger partial charge on any atom is 0.256 e. The summed E-state index contributed by atoms with van der Waals surface area (Å²) in [6, 6.07) is 6.02. The van der Waals surface area contributed by atoms with Crippen LogP contribution < -0.4 is 0 Å². The topological polar surface area (TPSA) is 63.4 Å². The van der Waals surface area contributed by atoms with Crippen LogP contribution in [0, 0.1) is 12.7 Å². The highest BCUT2D eigenvalue weighted by atomic mass is 35.5. The van der Waals surface area contributed by atoms with Gasteiger partial charge in [-0.25, -0.2) is 13.9 Å². The van der Waals surface area contributed by atoms with Crippen LogP contribution in [0.1, 0.15) is 40.5 Å². The molecule has 26 heavy (non-hydrogen) atoms. The SMILES string of the molecule is Cc1cc(C2CCCN(C(=O)c3cc(Cl)ccc3F)C2)n2ncnc2n1. The van der Waals surface area contributed by atoms with Gasteiger partial charge in [0.05, 0.1) is 11.3 Å². The van der Waals surface area contributed by atoms with Crippen molar-refractivity contribution >= 4 is 23.3 Å². The first-order chi connectivity index (χ1) is 12.5. The molecule has 0 N–H and O–H groups in total. The number of carbonyl (C=O) groups is 1. The monoisotopic (exact) mass is 373 g/mol. The molecule has 3 heterocycles. The van der Waals surface area contributed by atoms with Crippen LogP contribution in [0.3, 0.4) is 0 Å². The number of carbonyl (C=O) groups excluding carboxylic acids is 1. The van der Waals surface area contributed by atoms with Gasteiger partial charge in [-0.2, -0.15) is 10.1 Å². The van der Waals surface area contributed by atoms with E-state index in [-0.39, 0.29) is 17.4 Å². The van der Waals surface area contributed by atoms with Crippen LogP contribution in [0.5, 0.6) is 0 Å². The third kappa shape index (κ3) is 3.03. The summed E-state index contributed by atoms with van der Waals surface area (Å²) in [5.41, 5.74) is 1.83. The van der Waals surface area contributed by atoms with Crippen LogP contribution in [0.25, 0.3) is 5.78 Å². The molecule has 3 aromatic rings. The van der Waals surface area contributed by atoms with E-state index in [1.165, 1.54) is 24.5 Å². The van der Waals surface area contributed by atoms with Crippen LogP contribution in [0.2, 0.25) is 5.02 Å². The molecule has 0 aliphatic carbocycles. The van der Waals surface area contributed by atoms with Gasteiger partial charge in [-0.15, -0.1) is 0 Å². The Kier molecular flexibility index (Phi) is 4.32. The summed E-state index contributed by atoms with van der Waals surface area (Å²) >= 11 is 5.93. The first kappa shape index (κ1) is 16.9. The lowest BCUT2D eigenvalue weighted by molar-refractivity contribution is 0.0700. The fourth-order valence-corrected chi connectivity index (χ4v) is 3.66. The van der Waals surface area contributed by atoms with E-state index in [0.717, 1.165) is 24.2 Å². The molecule has 1 aliphatic heterocycles. The highest BCUT2D eigenvalue weighted by Crippen LogP contribution is 2.29. The Hall–Kier alpha value is -2.54. The number of amides is 1. The van der Waals surface area contributed by atoms with Crippen LogP contribution in [-0.4, -0.2) is 43.5 Å². The molecule has 8 heteroatoms. The van der Waals surface area contributed by atoms with Gasteiger partial charge in [0, 0.05) is 29.7 Å². The van der Waals surface area contributed by atoms with E-state index in [2.05, 4.69) is 15.1 Å². The van der Waals surface area contributed by atoms with Crippen molar-refractivity contribution in [1.29, 1.82) is 0 Å². The number of piperidine rings is 1. The second kappa shape index (κ2) is 6.64.